The molecule has 0 saturated heterocycles. The van der Waals surface area contributed by atoms with Crippen LogP contribution in [0, 0.1) is 35.4 Å². The zero-order valence-corrected chi connectivity index (χ0v) is 21.3. The predicted octanol–water partition coefficient (Wildman–Crippen LogP) is 9.85. The molecule has 0 N–H and O–H groups in total. The molecule has 0 bridgehead atoms. The zero-order valence-electron chi connectivity index (χ0n) is 21.3. The molecule has 4 rings (SSSR count). The Morgan fingerprint density at radius 2 is 1.32 bits per heavy atom. The van der Waals surface area contributed by atoms with Crippen LogP contribution in [0.1, 0.15) is 127 Å². The SMILES string of the molecule is CCOc1ccc(C2CCC(CCC3CCC(C4CCC(C)CC4)CC3)CC2)c(C(F)F)c1F. The lowest BCUT2D eigenvalue weighted by atomic mass is 9.68. The fourth-order valence-corrected chi connectivity index (χ4v) is 7.37. The molecule has 0 spiro atoms. The smallest absolute Gasteiger partial charge is 0.267 e. The Bertz CT molecular complexity index is 755. The summed E-state index contributed by atoms with van der Waals surface area (Å²) in [4.78, 5) is 0. The van der Waals surface area contributed by atoms with Gasteiger partial charge in [0.2, 0.25) is 0 Å². The molecule has 0 atom stereocenters. The second-order valence-electron chi connectivity index (χ2n) is 11.7. The predicted molar refractivity (Wildman–Crippen MR) is 133 cm³/mol. The van der Waals surface area contributed by atoms with Crippen molar-refractivity contribution in [3.05, 3.63) is 29.1 Å². The van der Waals surface area contributed by atoms with E-state index in [2.05, 4.69) is 6.92 Å². The van der Waals surface area contributed by atoms with Crippen LogP contribution in [-0.4, -0.2) is 6.61 Å². The van der Waals surface area contributed by atoms with Gasteiger partial charge in [-0.15, -0.1) is 0 Å². The van der Waals surface area contributed by atoms with Crippen LogP contribution in [0.5, 0.6) is 5.75 Å². The second kappa shape index (κ2) is 12.2. The van der Waals surface area contributed by atoms with Gasteiger partial charge in [0.1, 0.15) is 0 Å². The number of rotatable bonds is 8. The first kappa shape index (κ1) is 25.9. The maximum absolute atomic E-state index is 14.7. The van der Waals surface area contributed by atoms with Crippen molar-refractivity contribution >= 4 is 0 Å². The number of halogens is 3. The van der Waals surface area contributed by atoms with E-state index in [1.165, 1.54) is 70.3 Å². The molecule has 0 aliphatic heterocycles. The molecule has 1 nitrogen and oxygen atoms in total. The van der Waals surface area contributed by atoms with E-state index in [1.54, 1.807) is 13.0 Å². The maximum atomic E-state index is 14.7. The average molecular weight is 479 g/mol. The van der Waals surface area contributed by atoms with Gasteiger partial charge < -0.3 is 4.74 Å². The quantitative estimate of drug-likeness (QED) is 0.361. The summed E-state index contributed by atoms with van der Waals surface area (Å²) in [6, 6.07) is 3.22. The number of hydrogen-bond donors (Lipinski definition) is 0. The molecule has 3 aliphatic rings. The Morgan fingerprint density at radius 3 is 1.85 bits per heavy atom. The van der Waals surface area contributed by atoms with E-state index < -0.39 is 17.8 Å². The zero-order chi connectivity index (χ0) is 24.1. The summed E-state index contributed by atoms with van der Waals surface area (Å²) in [6.07, 6.45) is 15.3. The van der Waals surface area contributed by atoms with Crippen LogP contribution in [0.25, 0.3) is 0 Å². The minimum absolute atomic E-state index is 0.0408. The van der Waals surface area contributed by atoms with Gasteiger partial charge in [-0.25, -0.2) is 13.2 Å². The molecule has 0 radical (unpaired) electrons. The molecular weight excluding hydrogens is 433 g/mol. The van der Waals surface area contributed by atoms with Gasteiger partial charge in [-0.1, -0.05) is 51.5 Å². The van der Waals surface area contributed by atoms with Crippen molar-refractivity contribution in [2.24, 2.45) is 29.6 Å². The van der Waals surface area contributed by atoms with Gasteiger partial charge in [-0.3, -0.25) is 0 Å². The van der Waals surface area contributed by atoms with E-state index in [4.69, 9.17) is 4.74 Å². The molecule has 3 saturated carbocycles. The Morgan fingerprint density at radius 1 is 0.794 bits per heavy atom. The summed E-state index contributed by atoms with van der Waals surface area (Å²) in [5.41, 5.74) is 0.0726. The molecule has 3 fully saturated rings. The van der Waals surface area contributed by atoms with Gasteiger partial charge >= 0.3 is 0 Å². The number of ether oxygens (including phenoxy) is 1. The summed E-state index contributed by atoms with van der Waals surface area (Å²) in [5.74, 6) is 3.64. The van der Waals surface area contributed by atoms with Crippen molar-refractivity contribution in [2.75, 3.05) is 6.61 Å². The molecule has 34 heavy (non-hydrogen) atoms. The monoisotopic (exact) mass is 478 g/mol. The van der Waals surface area contributed by atoms with E-state index >= 15 is 0 Å². The summed E-state index contributed by atoms with van der Waals surface area (Å²) in [5, 5.41) is 0. The van der Waals surface area contributed by atoms with Gasteiger partial charge in [0.05, 0.1) is 12.2 Å². The van der Waals surface area contributed by atoms with Crippen molar-refractivity contribution in [3.63, 3.8) is 0 Å². The first-order valence-corrected chi connectivity index (χ1v) is 14.2. The molecule has 192 valence electrons. The van der Waals surface area contributed by atoms with Crippen molar-refractivity contribution in [3.8, 4) is 5.75 Å². The fraction of sp³-hybridized carbons (Fsp3) is 0.800. The van der Waals surface area contributed by atoms with Crippen molar-refractivity contribution < 1.29 is 17.9 Å². The molecule has 0 amide bonds. The Labute approximate surface area is 205 Å². The van der Waals surface area contributed by atoms with Crippen LogP contribution >= 0.6 is 0 Å². The first-order valence-electron chi connectivity index (χ1n) is 14.2. The topological polar surface area (TPSA) is 9.23 Å². The molecule has 1 aromatic carbocycles. The Kier molecular flexibility index (Phi) is 9.27. The highest BCUT2D eigenvalue weighted by Gasteiger charge is 2.32. The lowest BCUT2D eigenvalue weighted by Gasteiger charge is -2.38. The van der Waals surface area contributed by atoms with Crippen molar-refractivity contribution in [1.82, 2.24) is 0 Å². The third-order valence-electron chi connectivity index (χ3n) is 9.58. The number of alkyl halides is 2. The van der Waals surface area contributed by atoms with Gasteiger partial charge in [-0.2, -0.15) is 0 Å². The largest absolute Gasteiger partial charge is 0.491 e. The third kappa shape index (κ3) is 6.32. The van der Waals surface area contributed by atoms with E-state index in [0.29, 0.717) is 11.5 Å². The molecule has 1 aromatic rings. The average Bonchev–Trinajstić information content (AvgIpc) is 2.85. The van der Waals surface area contributed by atoms with Crippen molar-refractivity contribution in [1.29, 1.82) is 0 Å². The van der Waals surface area contributed by atoms with E-state index in [1.807, 2.05) is 0 Å². The van der Waals surface area contributed by atoms with Crippen LogP contribution in [-0.2, 0) is 0 Å². The normalized spacial score (nSPS) is 32.6. The number of hydrogen-bond acceptors (Lipinski definition) is 1. The van der Waals surface area contributed by atoms with Gasteiger partial charge in [-0.05, 0) is 105 Å². The maximum Gasteiger partial charge on any atom is 0.267 e. The highest BCUT2D eigenvalue weighted by atomic mass is 19.3. The molecule has 0 unspecified atom stereocenters. The van der Waals surface area contributed by atoms with Crippen LogP contribution in [0.15, 0.2) is 12.1 Å². The third-order valence-corrected chi connectivity index (χ3v) is 9.58. The van der Waals surface area contributed by atoms with Crippen molar-refractivity contribution in [2.45, 2.75) is 116 Å². The van der Waals surface area contributed by atoms with Crippen LogP contribution in [0.4, 0.5) is 13.2 Å². The highest BCUT2D eigenvalue weighted by Crippen LogP contribution is 2.45. The van der Waals surface area contributed by atoms with E-state index in [9.17, 15) is 13.2 Å². The lowest BCUT2D eigenvalue weighted by Crippen LogP contribution is -2.25. The summed E-state index contributed by atoms with van der Waals surface area (Å²) in [6.45, 7) is 4.42. The minimum Gasteiger partial charge on any atom is -0.491 e. The van der Waals surface area contributed by atoms with Gasteiger partial charge in [0.25, 0.3) is 6.43 Å². The summed E-state index contributed by atoms with van der Waals surface area (Å²) < 4.78 is 47.4. The van der Waals surface area contributed by atoms with Gasteiger partial charge in [0.15, 0.2) is 11.6 Å². The van der Waals surface area contributed by atoms with E-state index in [0.717, 1.165) is 49.4 Å². The summed E-state index contributed by atoms with van der Waals surface area (Å²) in [7, 11) is 0. The number of benzene rings is 1. The molecule has 0 aromatic heterocycles. The molecule has 0 heterocycles. The Hall–Kier alpha value is -1.19. The fourth-order valence-electron chi connectivity index (χ4n) is 7.37. The summed E-state index contributed by atoms with van der Waals surface area (Å²) >= 11 is 0. The Balaban J connectivity index is 1.22. The van der Waals surface area contributed by atoms with Gasteiger partial charge in [0, 0.05) is 0 Å². The molecular formula is C30H45F3O. The lowest BCUT2D eigenvalue weighted by molar-refractivity contribution is 0.140. The van der Waals surface area contributed by atoms with Crippen LogP contribution in [0.3, 0.4) is 0 Å². The van der Waals surface area contributed by atoms with Crippen LogP contribution in [0.2, 0.25) is 0 Å². The van der Waals surface area contributed by atoms with Crippen LogP contribution < -0.4 is 4.74 Å². The first-order chi connectivity index (χ1) is 16.5. The standard InChI is InChI=1S/C30H45F3O/c1-3-34-27-19-18-26(28(29(27)31)30(32)33)25-16-10-22(11-17-25)7-6-21-8-14-24(15-9-21)23-12-4-20(2)5-13-23/h18-25,30H,3-17H2,1-2H3. The molecule has 4 heteroatoms. The highest BCUT2D eigenvalue weighted by molar-refractivity contribution is 5.40. The van der Waals surface area contributed by atoms with E-state index in [-0.39, 0.29) is 18.3 Å². The molecule has 3 aliphatic carbocycles. The minimum atomic E-state index is -2.81. The second-order valence-corrected chi connectivity index (χ2v) is 11.7.